The molecule has 7 heteroatoms. The van der Waals surface area contributed by atoms with E-state index in [1.807, 2.05) is 6.07 Å². The summed E-state index contributed by atoms with van der Waals surface area (Å²) < 4.78 is 1.63. The Morgan fingerprint density at radius 2 is 1.63 bits per heavy atom. The molecule has 0 fully saturated rings. The number of thiophene rings is 1. The van der Waals surface area contributed by atoms with Crippen molar-refractivity contribution in [2.24, 2.45) is 0 Å². The fraction of sp³-hybridized carbons (Fsp3) is 0. The van der Waals surface area contributed by atoms with Gasteiger partial charge in [-0.15, -0.1) is 11.3 Å². The monoisotopic (exact) mass is 402 g/mol. The van der Waals surface area contributed by atoms with E-state index in [0.717, 1.165) is 8.26 Å². The van der Waals surface area contributed by atoms with Crippen LogP contribution in [0.2, 0.25) is 0 Å². The number of halogens is 2. The van der Waals surface area contributed by atoms with Crippen molar-refractivity contribution < 1.29 is 9.59 Å². The second-order valence-electron chi connectivity index (χ2n) is 3.51. The molecule has 0 atom stereocenters. The zero-order valence-electron chi connectivity index (χ0n) is 9.44. The molecule has 0 saturated heterocycles. The van der Waals surface area contributed by atoms with Crippen molar-refractivity contribution >= 4 is 55.0 Å². The lowest BCUT2D eigenvalue weighted by Crippen LogP contribution is -2.41. The van der Waals surface area contributed by atoms with Crippen LogP contribution in [0.5, 0.6) is 0 Å². The van der Waals surface area contributed by atoms with Gasteiger partial charge in [-0.1, -0.05) is 18.2 Å². The van der Waals surface area contributed by atoms with E-state index in [1.165, 1.54) is 11.3 Å². The van der Waals surface area contributed by atoms with Gasteiger partial charge in [0.2, 0.25) is 0 Å². The summed E-state index contributed by atoms with van der Waals surface area (Å²) >= 11 is 7.88. The van der Waals surface area contributed by atoms with Crippen LogP contribution >= 0.6 is 43.2 Å². The summed E-state index contributed by atoms with van der Waals surface area (Å²) in [5.41, 5.74) is 5.21. The SMILES string of the molecule is O=C(NNC(=O)c1cc(Br)c(Br)s1)c1ccccc1. The molecule has 2 amide bonds. The molecule has 0 aliphatic heterocycles. The van der Waals surface area contributed by atoms with Crippen molar-refractivity contribution in [3.63, 3.8) is 0 Å². The Kier molecular flexibility index (Phi) is 4.73. The lowest BCUT2D eigenvalue weighted by Gasteiger charge is -2.05. The summed E-state index contributed by atoms with van der Waals surface area (Å²) in [6.07, 6.45) is 0. The molecule has 98 valence electrons. The van der Waals surface area contributed by atoms with Crippen LogP contribution in [0.25, 0.3) is 0 Å². The molecule has 0 aliphatic rings. The first-order chi connectivity index (χ1) is 9.08. The second kappa shape index (κ2) is 6.31. The third kappa shape index (κ3) is 3.65. The standard InChI is InChI=1S/C12H8Br2N2O2S/c13-8-6-9(19-10(8)14)12(18)16-15-11(17)7-4-2-1-3-5-7/h1-6H,(H,15,17)(H,16,18). The molecule has 4 nitrogen and oxygen atoms in total. The second-order valence-corrected chi connectivity index (χ2v) is 6.73. The third-order valence-electron chi connectivity index (χ3n) is 2.19. The molecule has 1 aromatic carbocycles. The van der Waals surface area contributed by atoms with Gasteiger partial charge in [-0.3, -0.25) is 20.4 Å². The molecule has 1 heterocycles. The molecular weight excluding hydrogens is 396 g/mol. The van der Waals surface area contributed by atoms with Crippen LogP contribution in [-0.4, -0.2) is 11.8 Å². The lowest BCUT2D eigenvalue weighted by molar-refractivity contribution is 0.0849. The van der Waals surface area contributed by atoms with Gasteiger partial charge in [0.15, 0.2) is 0 Å². The van der Waals surface area contributed by atoms with Gasteiger partial charge in [0.25, 0.3) is 11.8 Å². The molecule has 2 N–H and O–H groups in total. The van der Waals surface area contributed by atoms with Crippen molar-refractivity contribution in [1.29, 1.82) is 0 Å². The molecule has 0 bridgehead atoms. The van der Waals surface area contributed by atoms with Gasteiger partial charge in [-0.25, -0.2) is 0 Å². The fourth-order valence-electron chi connectivity index (χ4n) is 1.30. The minimum Gasteiger partial charge on any atom is -0.267 e. The molecule has 0 aliphatic carbocycles. The predicted molar refractivity (Wildman–Crippen MR) is 81.1 cm³/mol. The van der Waals surface area contributed by atoms with Crippen LogP contribution in [-0.2, 0) is 0 Å². The van der Waals surface area contributed by atoms with Gasteiger partial charge < -0.3 is 0 Å². The fourth-order valence-corrected chi connectivity index (χ4v) is 3.23. The number of nitrogens with one attached hydrogen (secondary N) is 2. The van der Waals surface area contributed by atoms with Crippen LogP contribution in [0.15, 0.2) is 44.7 Å². The molecule has 2 rings (SSSR count). The highest BCUT2D eigenvalue weighted by Gasteiger charge is 2.13. The Hall–Kier alpha value is -1.18. The van der Waals surface area contributed by atoms with Crippen LogP contribution in [0.4, 0.5) is 0 Å². The predicted octanol–water partition coefficient (Wildman–Crippen LogP) is 3.35. The molecular formula is C12H8Br2N2O2S. The van der Waals surface area contributed by atoms with E-state index in [4.69, 9.17) is 0 Å². The van der Waals surface area contributed by atoms with E-state index in [-0.39, 0.29) is 11.8 Å². The molecule has 2 aromatic rings. The highest BCUT2D eigenvalue weighted by Crippen LogP contribution is 2.32. The number of benzene rings is 1. The van der Waals surface area contributed by atoms with Crippen LogP contribution < -0.4 is 10.9 Å². The van der Waals surface area contributed by atoms with Crippen molar-refractivity contribution in [2.75, 3.05) is 0 Å². The number of amides is 2. The van der Waals surface area contributed by atoms with Gasteiger partial charge in [-0.05, 0) is 50.1 Å². The van der Waals surface area contributed by atoms with Crippen molar-refractivity contribution in [2.45, 2.75) is 0 Å². The Morgan fingerprint density at radius 1 is 1.00 bits per heavy atom. The Balaban J connectivity index is 1.96. The Morgan fingerprint density at radius 3 is 2.21 bits per heavy atom. The number of carbonyl (C=O) groups excluding carboxylic acids is 2. The van der Waals surface area contributed by atoms with E-state index >= 15 is 0 Å². The highest BCUT2D eigenvalue weighted by atomic mass is 79.9. The first-order valence-electron chi connectivity index (χ1n) is 5.18. The molecule has 19 heavy (non-hydrogen) atoms. The number of hydrogen-bond acceptors (Lipinski definition) is 3. The third-order valence-corrected chi connectivity index (χ3v) is 5.45. The largest absolute Gasteiger partial charge is 0.279 e. The topological polar surface area (TPSA) is 58.2 Å². The van der Waals surface area contributed by atoms with Gasteiger partial charge in [0.1, 0.15) is 0 Å². The maximum Gasteiger partial charge on any atom is 0.279 e. The van der Waals surface area contributed by atoms with Gasteiger partial charge in [0.05, 0.1) is 8.66 Å². The summed E-state index contributed by atoms with van der Waals surface area (Å²) in [5.74, 6) is -0.718. The average molecular weight is 404 g/mol. The summed E-state index contributed by atoms with van der Waals surface area (Å²) in [6.45, 7) is 0. The lowest BCUT2D eigenvalue weighted by atomic mass is 10.2. The molecule has 0 radical (unpaired) electrons. The van der Waals surface area contributed by atoms with E-state index in [0.29, 0.717) is 10.4 Å². The van der Waals surface area contributed by atoms with Crippen molar-refractivity contribution in [3.8, 4) is 0 Å². The van der Waals surface area contributed by atoms with E-state index in [9.17, 15) is 9.59 Å². The van der Waals surface area contributed by atoms with E-state index in [2.05, 4.69) is 42.7 Å². The number of hydrazine groups is 1. The molecule has 0 unspecified atom stereocenters. The first-order valence-corrected chi connectivity index (χ1v) is 7.58. The van der Waals surface area contributed by atoms with Crippen LogP contribution in [0, 0.1) is 0 Å². The summed E-state index contributed by atoms with van der Waals surface area (Å²) in [6, 6.07) is 10.3. The maximum atomic E-state index is 11.8. The average Bonchev–Trinajstić information content (AvgIpc) is 2.77. The zero-order valence-corrected chi connectivity index (χ0v) is 13.4. The minimum atomic E-state index is -0.360. The number of carbonyl (C=O) groups is 2. The van der Waals surface area contributed by atoms with Gasteiger partial charge >= 0.3 is 0 Å². The summed E-state index contributed by atoms with van der Waals surface area (Å²) in [7, 11) is 0. The molecule has 1 aromatic heterocycles. The quantitative estimate of drug-likeness (QED) is 0.755. The van der Waals surface area contributed by atoms with Gasteiger partial charge in [0, 0.05) is 10.0 Å². The van der Waals surface area contributed by atoms with Crippen LogP contribution in [0.1, 0.15) is 20.0 Å². The van der Waals surface area contributed by atoms with Crippen LogP contribution in [0.3, 0.4) is 0 Å². The number of rotatable bonds is 2. The maximum absolute atomic E-state index is 11.8. The molecule has 0 saturated carbocycles. The summed E-state index contributed by atoms with van der Waals surface area (Å²) in [5, 5.41) is 0. The Labute approximate surface area is 130 Å². The van der Waals surface area contributed by atoms with E-state index < -0.39 is 0 Å². The summed E-state index contributed by atoms with van der Waals surface area (Å²) in [4.78, 5) is 24.0. The van der Waals surface area contributed by atoms with Crippen molar-refractivity contribution in [3.05, 3.63) is 55.1 Å². The molecule has 0 spiro atoms. The smallest absolute Gasteiger partial charge is 0.267 e. The highest BCUT2D eigenvalue weighted by molar-refractivity contribution is 9.13. The number of hydrogen-bond donors (Lipinski definition) is 2. The van der Waals surface area contributed by atoms with E-state index in [1.54, 1.807) is 30.3 Å². The normalized spacial score (nSPS) is 10.0. The minimum absolute atomic E-state index is 0.358. The van der Waals surface area contributed by atoms with Crippen molar-refractivity contribution in [1.82, 2.24) is 10.9 Å². The zero-order chi connectivity index (χ0) is 13.8. The Bertz CT molecular complexity index is 594. The first kappa shape index (κ1) is 14.2. The van der Waals surface area contributed by atoms with Gasteiger partial charge in [-0.2, -0.15) is 0 Å².